The Morgan fingerprint density at radius 3 is 2.48 bits per heavy atom. The van der Waals surface area contributed by atoms with E-state index < -0.39 is 0 Å². The average Bonchev–Trinajstić information content (AvgIpc) is 2.89. The average molecular weight is 397 g/mol. The Hall–Kier alpha value is -2.80. The molecule has 2 heterocycles. The Morgan fingerprint density at radius 2 is 1.76 bits per heavy atom. The van der Waals surface area contributed by atoms with Crippen molar-refractivity contribution >= 4 is 38.5 Å². The third kappa shape index (κ3) is 2.66. The van der Waals surface area contributed by atoms with E-state index in [-0.39, 0.29) is 17.9 Å². The fourth-order valence-corrected chi connectivity index (χ4v) is 3.06. The number of hydrogen-bond acceptors (Lipinski definition) is 4. The molecule has 6 nitrogen and oxygen atoms in total. The van der Waals surface area contributed by atoms with Crippen molar-refractivity contribution in [2.24, 2.45) is 0 Å². The van der Waals surface area contributed by atoms with Crippen molar-refractivity contribution in [1.29, 1.82) is 0 Å². The van der Waals surface area contributed by atoms with Gasteiger partial charge in [-0.25, -0.2) is 0 Å². The fraction of sp³-hybridized carbons (Fsp3) is 0.111. The summed E-state index contributed by atoms with van der Waals surface area (Å²) in [6.45, 7) is 1.71. The van der Waals surface area contributed by atoms with Crippen molar-refractivity contribution < 1.29 is 4.79 Å². The van der Waals surface area contributed by atoms with Crippen molar-refractivity contribution in [3.05, 3.63) is 74.6 Å². The zero-order valence-corrected chi connectivity index (χ0v) is 14.9. The van der Waals surface area contributed by atoms with Crippen molar-refractivity contribution in [1.82, 2.24) is 19.2 Å². The predicted molar refractivity (Wildman–Crippen MR) is 98.0 cm³/mol. The maximum absolute atomic E-state index is 12.7. The van der Waals surface area contributed by atoms with Gasteiger partial charge in [0.1, 0.15) is 5.69 Å². The van der Waals surface area contributed by atoms with Gasteiger partial charge in [0.25, 0.3) is 5.56 Å². The Kier molecular flexibility index (Phi) is 3.73. The van der Waals surface area contributed by atoms with E-state index in [1.165, 1.54) is 0 Å². The monoisotopic (exact) mass is 396 g/mol. The second kappa shape index (κ2) is 5.93. The number of aryl methyl sites for hydroxylation is 1. The van der Waals surface area contributed by atoms with Crippen LogP contribution in [0.15, 0.2) is 57.8 Å². The van der Waals surface area contributed by atoms with Crippen LogP contribution in [0.3, 0.4) is 0 Å². The van der Waals surface area contributed by atoms with Gasteiger partial charge < -0.3 is 4.57 Å². The molecular weight excluding hydrogens is 384 g/mol. The number of ketones is 1. The number of fused-ring (bicyclic) bond motifs is 3. The van der Waals surface area contributed by atoms with Gasteiger partial charge in [-0.15, -0.1) is 0 Å². The molecule has 4 rings (SSSR count). The van der Waals surface area contributed by atoms with Crippen LogP contribution in [0, 0.1) is 6.92 Å². The molecule has 7 heteroatoms. The second-order valence-electron chi connectivity index (χ2n) is 5.72. The summed E-state index contributed by atoms with van der Waals surface area (Å²) in [4.78, 5) is 28.8. The van der Waals surface area contributed by atoms with Crippen LogP contribution in [-0.4, -0.2) is 24.9 Å². The standard InChI is InChI=1S/C18H13BrN4O2/c1-11-17(25)20-18-22(10-16(24)12-6-8-13(19)9-7-12)14-4-2-3-5-15(14)23(18)21-11/h2-9H,10H2,1H3. The molecule has 0 radical (unpaired) electrons. The molecule has 0 unspecified atom stereocenters. The Bertz CT molecular complexity index is 1180. The summed E-state index contributed by atoms with van der Waals surface area (Å²) in [5.41, 5.74) is 2.14. The molecular formula is C18H13BrN4O2. The zero-order valence-electron chi connectivity index (χ0n) is 13.3. The maximum atomic E-state index is 12.7. The Morgan fingerprint density at radius 1 is 1.08 bits per heavy atom. The molecule has 124 valence electrons. The van der Waals surface area contributed by atoms with Crippen LogP contribution >= 0.6 is 15.9 Å². The first-order chi connectivity index (χ1) is 12.0. The Balaban J connectivity index is 1.90. The van der Waals surface area contributed by atoms with Crippen LogP contribution in [0.5, 0.6) is 0 Å². The highest BCUT2D eigenvalue weighted by Gasteiger charge is 2.16. The molecule has 25 heavy (non-hydrogen) atoms. The van der Waals surface area contributed by atoms with Crippen LogP contribution in [-0.2, 0) is 6.54 Å². The van der Waals surface area contributed by atoms with Crippen LogP contribution in [0.1, 0.15) is 16.1 Å². The number of hydrogen-bond donors (Lipinski definition) is 0. The van der Waals surface area contributed by atoms with Crippen molar-refractivity contribution in [3.8, 4) is 0 Å². The number of carbonyl (C=O) groups excluding carboxylic acids is 1. The van der Waals surface area contributed by atoms with E-state index in [1.807, 2.05) is 36.4 Å². The number of imidazole rings is 1. The number of Topliss-reactive ketones (excluding diaryl/α,β-unsaturated/α-hetero) is 1. The highest BCUT2D eigenvalue weighted by molar-refractivity contribution is 9.10. The van der Waals surface area contributed by atoms with Gasteiger partial charge in [0, 0.05) is 10.0 Å². The summed E-state index contributed by atoms with van der Waals surface area (Å²) in [6.07, 6.45) is 0. The topological polar surface area (TPSA) is 69.3 Å². The molecule has 0 saturated carbocycles. The number of benzene rings is 2. The molecule has 0 amide bonds. The molecule has 0 spiro atoms. The number of carbonyl (C=O) groups is 1. The normalized spacial score (nSPS) is 11.3. The SMILES string of the molecule is Cc1nn2c3ccccc3n(CC(=O)c3ccc(Br)cc3)c2nc1=O. The molecule has 0 bridgehead atoms. The quantitative estimate of drug-likeness (QED) is 0.499. The molecule has 0 aliphatic carbocycles. The van der Waals surface area contributed by atoms with Gasteiger partial charge in [0.2, 0.25) is 5.78 Å². The van der Waals surface area contributed by atoms with E-state index in [9.17, 15) is 9.59 Å². The van der Waals surface area contributed by atoms with Crippen LogP contribution in [0.2, 0.25) is 0 Å². The molecule has 2 aromatic carbocycles. The molecule has 0 aliphatic heterocycles. The zero-order chi connectivity index (χ0) is 17.6. The van der Waals surface area contributed by atoms with Crippen molar-refractivity contribution in [2.45, 2.75) is 13.5 Å². The molecule has 2 aromatic heterocycles. The third-order valence-corrected chi connectivity index (χ3v) is 4.59. The Labute approximate surface area is 150 Å². The lowest BCUT2D eigenvalue weighted by Gasteiger charge is -2.05. The smallest absolute Gasteiger partial charge is 0.296 e. The van der Waals surface area contributed by atoms with Gasteiger partial charge in [-0.1, -0.05) is 40.2 Å². The predicted octanol–water partition coefficient (Wildman–Crippen LogP) is 3.00. The molecule has 0 N–H and O–H groups in total. The summed E-state index contributed by atoms with van der Waals surface area (Å²) >= 11 is 3.36. The van der Waals surface area contributed by atoms with E-state index in [0.717, 1.165) is 15.5 Å². The number of rotatable bonds is 3. The van der Waals surface area contributed by atoms with Crippen molar-refractivity contribution in [2.75, 3.05) is 0 Å². The number of halogens is 1. The van der Waals surface area contributed by atoms with Crippen molar-refractivity contribution in [3.63, 3.8) is 0 Å². The number of para-hydroxylation sites is 2. The van der Waals surface area contributed by atoms with Crippen LogP contribution in [0.4, 0.5) is 0 Å². The largest absolute Gasteiger partial charge is 0.300 e. The summed E-state index contributed by atoms with van der Waals surface area (Å²) < 4.78 is 4.25. The van der Waals surface area contributed by atoms with Gasteiger partial charge in [-0.05, 0) is 31.2 Å². The van der Waals surface area contributed by atoms with E-state index in [2.05, 4.69) is 26.0 Å². The number of nitrogens with zero attached hydrogens (tertiary/aromatic N) is 4. The highest BCUT2D eigenvalue weighted by atomic mass is 79.9. The summed E-state index contributed by atoms with van der Waals surface area (Å²) in [5, 5.41) is 4.32. The second-order valence-corrected chi connectivity index (χ2v) is 6.63. The molecule has 4 aromatic rings. The molecule has 0 atom stereocenters. The fourth-order valence-electron chi connectivity index (χ4n) is 2.80. The minimum absolute atomic E-state index is 0.0643. The van der Waals surface area contributed by atoms with Gasteiger partial charge >= 0.3 is 0 Å². The van der Waals surface area contributed by atoms with Gasteiger partial charge in [-0.2, -0.15) is 14.6 Å². The minimum atomic E-state index is -0.389. The highest BCUT2D eigenvalue weighted by Crippen LogP contribution is 2.19. The van der Waals surface area contributed by atoms with E-state index in [1.54, 1.807) is 28.1 Å². The minimum Gasteiger partial charge on any atom is -0.300 e. The molecule has 0 saturated heterocycles. The van der Waals surface area contributed by atoms with E-state index in [4.69, 9.17) is 0 Å². The molecule has 0 aliphatic rings. The van der Waals surface area contributed by atoms with Gasteiger partial charge in [0.15, 0.2) is 5.78 Å². The van der Waals surface area contributed by atoms with E-state index >= 15 is 0 Å². The first-order valence-electron chi connectivity index (χ1n) is 7.68. The van der Waals surface area contributed by atoms with Crippen LogP contribution < -0.4 is 5.56 Å². The van der Waals surface area contributed by atoms with Gasteiger partial charge in [0.05, 0.1) is 17.6 Å². The van der Waals surface area contributed by atoms with E-state index in [0.29, 0.717) is 17.0 Å². The van der Waals surface area contributed by atoms with Gasteiger partial charge in [-0.3, -0.25) is 9.59 Å². The lowest BCUT2D eigenvalue weighted by molar-refractivity contribution is 0.0974. The maximum Gasteiger partial charge on any atom is 0.296 e. The lowest BCUT2D eigenvalue weighted by Crippen LogP contribution is -2.18. The van der Waals surface area contributed by atoms with Crippen LogP contribution in [0.25, 0.3) is 16.8 Å². The lowest BCUT2D eigenvalue weighted by atomic mass is 10.1. The first-order valence-corrected chi connectivity index (χ1v) is 8.47. The summed E-state index contributed by atoms with van der Waals surface area (Å²) in [5.74, 6) is 0.299. The third-order valence-electron chi connectivity index (χ3n) is 4.06. The first kappa shape index (κ1) is 15.7. The summed E-state index contributed by atoms with van der Waals surface area (Å²) in [7, 11) is 0. The molecule has 0 fully saturated rings. The summed E-state index contributed by atoms with van der Waals surface area (Å²) in [6, 6.07) is 14.7. The number of aromatic nitrogens is 4.